The molecule has 1 aliphatic rings. The predicted molar refractivity (Wildman–Crippen MR) is 90.3 cm³/mol. The zero-order valence-electron chi connectivity index (χ0n) is 11.4. The summed E-state index contributed by atoms with van der Waals surface area (Å²) in [5, 5.41) is -0.651. The van der Waals surface area contributed by atoms with Crippen molar-refractivity contribution in [1.82, 2.24) is 4.98 Å². The lowest BCUT2D eigenvalue weighted by atomic mass is 10.3. The second-order valence-corrected chi connectivity index (χ2v) is 5.83. The van der Waals surface area contributed by atoms with Crippen molar-refractivity contribution >= 4 is 57.2 Å². The molecule has 2 heterocycles. The number of carbonyl (C=O) groups is 1. The van der Waals surface area contributed by atoms with Crippen molar-refractivity contribution < 1.29 is 4.79 Å². The van der Waals surface area contributed by atoms with E-state index in [0.717, 1.165) is 11.4 Å². The monoisotopic (exact) mass is 355 g/mol. The zero-order chi connectivity index (χ0) is 15.7. The number of halogens is 3. The summed E-state index contributed by atoms with van der Waals surface area (Å²) < 4.78 is 0. The smallest absolute Gasteiger partial charge is 0.259 e. The van der Waals surface area contributed by atoms with E-state index >= 15 is 0 Å². The van der Waals surface area contributed by atoms with Crippen molar-refractivity contribution in [3.8, 4) is 0 Å². The normalized spacial score (nSPS) is 18.2. The van der Waals surface area contributed by atoms with Crippen LogP contribution in [0.5, 0.6) is 0 Å². The number of hydrogen-bond donors (Lipinski definition) is 0. The molecule has 2 atom stereocenters. The standard InChI is InChI=1S/C15H12Cl3N3O/c16-9-12-20(10-5-2-1-3-6-10)15-11(7-4-8-19-15)21(12)13(17)14(18)22/h1-8,12-13H,9H2. The Morgan fingerprint density at radius 3 is 2.59 bits per heavy atom. The van der Waals surface area contributed by atoms with E-state index in [1.807, 2.05) is 41.3 Å². The first-order chi connectivity index (χ1) is 10.6. The molecule has 0 N–H and O–H groups in total. The van der Waals surface area contributed by atoms with Crippen LogP contribution in [0.4, 0.5) is 17.2 Å². The minimum Gasteiger partial charge on any atom is -0.322 e. The number of rotatable bonds is 4. The molecule has 0 amide bonds. The number of fused-ring (bicyclic) bond motifs is 1. The van der Waals surface area contributed by atoms with Crippen LogP contribution in [0.1, 0.15) is 0 Å². The fourth-order valence-corrected chi connectivity index (χ4v) is 3.24. The van der Waals surface area contributed by atoms with Gasteiger partial charge in [0.05, 0.1) is 11.6 Å². The van der Waals surface area contributed by atoms with Crippen molar-refractivity contribution in [3.05, 3.63) is 48.7 Å². The van der Waals surface area contributed by atoms with Gasteiger partial charge in [0, 0.05) is 11.9 Å². The quantitative estimate of drug-likeness (QED) is 0.472. The minimum absolute atomic E-state index is 0.235. The van der Waals surface area contributed by atoms with Crippen LogP contribution in [0.15, 0.2) is 48.7 Å². The van der Waals surface area contributed by atoms with Gasteiger partial charge in [-0.3, -0.25) is 4.79 Å². The average Bonchev–Trinajstić information content (AvgIpc) is 2.88. The summed E-state index contributed by atoms with van der Waals surface area (Å²) >= 11 is 18.0. The average molecular weight is 357 g/mol. The lowest BCUT2D eigenvalue weighted by Crippen LogP contribution is -2.48. The van der Waals surface area contributed by atoms with Crippen molar-refractivity contribution in [2.45, 2.75) is 11.7 Å². The Labute approximate surface area is 143 Å². The molecule has 0 fully saturated rings. The van der Waals surface area contributed by atoms with Crippen molar-refractivity contribution in [1.29, 1.82) is 0 Å². The van der Waals surface area contributed by atoms with E-state index in [2.05, 4.69) is 4.98 Å². The molecule has 2 aromatic rings. The highest BCUT2D eigenvalue weighted by atomic mass is 35.5. The maximum Gasteiger partial charge on any atom is 0.259 e. The van der Waals surface area contributed by atoms with E-state index in [-0.39, 0.29) is 12.0 Å². The van der Waals surface area contributed by atoms with Crippen LogP contribution in [0.3, 0.4) is 0 Å². The zero-order valence-corrected chi connectivity index (χ0v) is 13.6. The second-order valence-electron chi connectivity index (χ2n) is 4.73. The number of para-hydroxylation sites is 1. The van der Waals surface area contributed by atoms with Gasteiger partial charge in [0.15, 0.2) is 11.3 Å². The van der Waals surface area contributed by atoms with Gasteiger partial charge in [-0.1, -0.05) is 29.8 Å². The van der Waals surface area contributed by atoms with Gasteiger partial charge in [-0.15, -0.1) is 11.6 Å². The summed E-state index contributed by atoms with van der Waals surface area (Å²) in [6.45, 7) is 0. The number of alkyl halides is 2. The van der Waals surface area contributed by atoms with Gasteiger partial charge in [0.25, 0.3) is 5.24 Å². The van der Waals surface area contributed by atoms with Crippen LogP contribution in [0.25, 0.3) is 0 Å². The fraction of sp³-hybridized carbons (Fsp3) is 0.200. The van der Waals surface area contributed by atoms with Gasteiger partial charge in [0.2, 0.25) is 0 Å². The van der Waals surface area contributed by atoms with Gasteiger partial charge >= 0.3 is 0 Å². The summed E-state index contributed by atoms with van der Waals surface area (Å²) in [6.07, 6.45) is 1.34. The number of benzene rings is 1. The molecule has 0 spiro atoms. The Morgan fingerprint density at radius 1 is 1.23 bits per heavy atom. The molecule has 0 aliphatic carbocycles. The summed E-state index contributed by atoms with van der Waals surface area (Å²) in [5.41, 5.74) is 0.634. The maximum atomic E-state index is 11.6. The lowest BCUT2D eigenvalue weighted by molar-refractivity contribution is -0.111. The number of pyridine rings is 1. The van der Waals surface area contributed by atoms with E-state index in [1.54, 1.807) is 17.2 Å². The number of carbonyl (C=O) groups excluding carboxylic acids is 1. The highest BCUT2D eigenvalue weighted by Crippen LogP contribution is 2.44. The van der Waals surface area contributed by atoms with E-state index < -0.39 is 10.7 Å². The molecule has 4 nitrogen and oxygen atoms in total. The Kier molecular flexibility index (Phi) is 4.43. The molecule has 1 aromatic heterocycles. The Balaban J connectivity index is 2.13. The molecule has 0 saturated carbocycles. The van der Waals surface area contributed by atoms with Crippen molar-refractivity contribution in [2.75, 3.05) is 15.7 Å². The third kappa shape index (κ3) is 2.51. The minimum atomic E-state index is -1.01. The molecule has 2 unspecified atom stereocenters. The van der Waals surface area contributed by atoms with Gasteiger partial charge < -0.3 is 9.80 Å². The second kappa shape index (κ2) is 6.32. The van der Waals surface area contributed by atoms with Crippen LogP contribution >= 0.6 is 34.8 Å². The van der Waals surface area contributed by atoms with E-state index in [9.17, 15) is 4.79 Å². The molecule has 0 bridgehead atoms. The number of nitrogens with zero attached hydrogens (tertiary/aromatic N) is 3. The summed E-state index contributed by atoms with van der Waals surface area (Å²) in [4.78, 5) is 19.6. The number of anilines is 3. The highest BCUT2D eigenvalue weighted by Gasteiger charge is 2.42. The Morgan fingerprint density at radius 2 is 1.95 bits per heavy atom. The molecule has 0 radical (unpaired) electrons. The molecule has 7 heteroatoms. The topological polar surface area (TPSA) is 36.4 Å². The Hall–Kier alpha value is -1.49. The SMILES string of the molecule is O=C(Cl)C(Cl)N1c2cccnc2N(c2ccccc2)C1CCl. The van der Waals surface area contributed by atoms with Gasteiger partial charge in [-0.2, -0.15) is 0 Å². The first-order valence-corrected chi connectivity index (χ1v) is 7.97. The molecule has 22 heavy (non-hydrogen) atoms. The predicted octanol–water partition coefficient (Wildman–Crippen LogP) is 3.93. The molecular formula is C15H12Cl3N3O. The fourth-order valence-electron chi connectivity index (χ4n) is 2.61. The summed E-state index contributed by atoms with van der Waals surface area (Å²) in [5.74, 6) is 0.932. The van der Waals surface area contributed by atoms with Crippen LogP contribution in [0.2, 0.25) is 0 Å². The third-order valence-electron chi connectivity index (χ3n) is 3.50. The third-order valence-corrected chi connectivity index (χ3v) is 4.50. The molecule has 1 aliphatic heterocycles. The van der Waals surface area contributed by atoms with E-state index in [1.165, 1.54) is 0 Å². The van der Waals surface area contributed by atoms with E-state index in [4.69, 9.17) is 34.8 Å². The molecule has 1 aromatic carbocycles. The first-order valence-electron chi connectivity index (χ1n) is 6.62. The molecule has 0 saturated heterocycles. The number of hydrogen-bond acceptors (Lipinski definition) is 4. The van der Waals surface area contributed by atoms with Crippen LogP contribution in [0, 0.1) is 0 Å². The first kappa shape index (κ1) is 15.4. The molecular weight excluding hydrogens is 345 g/mol. The van der Waals surface area contributed by atoms with Crippen LogP contribution < -0.4 is 9.80 Å². The van der Waals surface area contributed by atoms with Gasteiger partial charge in [0.1, 0.15) is 6.17 Å². The van der Waals surface area contributed by atoms with Crippen molar-refractivity contribution in [2.24, 2.45) is 0 Å². The van der Waals surface area contributed by atoms with Gasteiger partial charge in [-0.05, 0) is 35.9 Å². The summed E-state index contributed by atoms with van der Waals surface area (Å²) in [6, 6.07) is 13.3. The van der Waals surface area contributed by atoms with Crippen LogP contribution in [-0.4, -0.2) is 27.8 Å². The largest absolute Gasteiger partial charge is 0.322 e. The molecule has 114 valence electrons. The molecule has 3 rings (SSSR count). The van der Waals surface area contributed by atoms with Crippen LogP contribution in [-0.2, 0) is 4.79 Å². The highest BCUT2D eigenvalue weighted by molar-refractivity contribution is 6.69. The maximum absolute atomic E-state index is 11.6. The van der Waals surface area contributed by atoms with Gasteiger partial charge in [-0.25, -0.2) is 4.98 Å². The van der Waals surface area contributed by atoms with E-state index in [0.29, 0.717) is 5.82 Å². The van der Waals surface area contributed by atoms with Crippen molar-refractivity contribution in [3.63, 3.8) is 0 Å². The lowest BCUT2D eigenvalue weighted by Gasteiger charge is -2.32. The summed E-state index contributed by atoms with van der Waals surface area (Å²) in [7, 11) is 0. The number of aromatic nitrogens is 1. The Bertz CT molecular complexity index is 683.